The summed E-state index contributed by atoms with van der Waals surface area (Å²) in [6.07, 6.45) is 0. The van der Waals surface area contributed by atoms with Crippen LogP contribution in [-0.2, 0) is 28.4 Å². The number of nitro benzene ring substituents is 2. The van der Waals surface area contributed by atoms with Crippen molar-refractivity contribution in [2.24, 2.45) is 5.73 Å². The van der Waals surface area contributed by atoms with Crippen molar-refractivity contribution in [3.05, 3.63) is 38.4 Å². The number of nitrogens with one attached hydrogen (secondary N) is 1. The van der Waals surface area contributed by atoms with Crippen LogP contribution in [0.2, 0.25) is 0 Å². The van der Waals surface area contributed by atoms with E-state index in [9.17, 15) is 20.2 Å². The number of ether oxygens (including phenoxy) is 6. The van der Waals surface area contributed by atoms with Gasteiger partial charge in [0.15, 0.2) is 0 Å². The van der Waals surface area contributed by atoms with Gasteiger partial charge in [0.2, 0.25) is 0 Å². The van der Waals surface area contributed by atoms with Crippen LogP contribution in [0, 0.1) is 20.2 Å². The summed E-state index contributed by atoms with van der Waals surface area (Å²) in [5.41, 5.74) is 4.79. The molecule has 1 rings (SSSR count). The van der Waals surface area contributed by atoms with Crippen LogP contribution in [0.4, 0.5) is 17.1 Å². The number of rotatable bonds is 23. The van der Waals surface area contributed by atoms with Gasteiger partial charge in [0.25, 0.3) is 11.4 Å². The molecule has 194 valence electrons. The molecule has 14 nitrogen and oxygen atoms in total. The molecule has 0 spiro atoms. The van der Waals surface area contributed by atoms with Gasteiger partial charge in [0, 0.05) is 19.2 Å². The molecule has 1 aromatic carbocycles. The van der Waals surface area contributed by atoms with Crippen LogP contribution < -0.4 is 11.1 Å². The van der Waals surface area contributed by atoms with Gasteiger partial charge in [-0.05, 0) is 6.07 Å². The van der Waals surface area contributed by atoms with Crippen LogP contribution in [0.5, 0.6) is 0 Å². The van der Waals surface area contributed by atoms with Gasteiger partial charge in [0.05, 0.1) is 95.2 Å². The largest absolute Gasteiger partial charge is 0.378 e. The van der Waals surface area contributed by atoms with Crippen LogP contribution in [0.3, 0.4) is 0 Å². The molecule has 0 saturated carbocycles. The third-order valence-corrected chi connectivity index (χ3v) is 4.07. The summed E-state index contributed by atoms with van der Waals surface area (Å²) in [7, 11) is 0. The van der Waals surface area contributed by atoms with Crippen LogP contribution in [-0.4, -0.2) is 102 Å². The fourth-order valence-electron chi connectivity index (χ4n) is 2.48. The summed E-state index contributed by atoms with van der Waals surface area (Å²) in [6, 6.07) is 3.43. The van der Waals surface area contributed by atoms with E-state index >= 15 is 0 Å². The fraction of sp³-hybridized carbons (Fsp3) is 0.700. The Kier molecular flexibility index (Phi) is 17.4. The Balaban J connectivity index is 1.90. The molecule has 0 atom stereocenters. The van der Waals surface area contributed by atoms with Gasteiger partial charge in [-0.15, -0.1) is 0 Å². The maximum Gasteiger partial charge on any atom is 0.299 e. The lowest BCUT2D eigenvalue weighted by Gasteiger charge is -2.09. The van der Waals surface area contributed by atoms with E-state index in [1.807, 2.05) is 0 Å². The van der Waals surface area contributed by atoms with Crippen molar-refractivity contribution in [1.29, 1.82) is 0 Å². The second-order valence-corrected chi connectivity index (χ2v) is 6.61. The van der Waals surface area contributed by atoms with E-state index in [-0.39, 0.29) is 23.7 Å². The lowest BCUT2D eigenvalue weighted by molar-refractivity contribution is -0.393. The van der Waals surface area contributed by atoms with Crippen LogP contribution in [0.25, 0.3) is 0 Å². The number of anilines is 1. The fourth-order valence-corrected chi connectivity index (χ4v) is 2.48. The molecular formula is C20H34N4O10. The molecule has 0 amide bonds. The van der Waals surface area contributed by atoms with Gasteiger partial charge in [-0.2, -0.15) is 0 Å². The number of nitrogens with zero attached hydrogens (tertiary/aromatic N) is 2. The van der Waals surface area contributed by atoms with Crippen molar-refractivity contribution in [3.63, 3.8) is 0 Å². The lowest BCUT2D eigenvalue weighted by Crippen LogP contribution is -2.15. The second kappa shape index (κ2) is 20.0. The first kappa shape index (κ1) is 29.6. The predicted molar refractivity (Wildman–Crippen MR) is 122 cm³/mol. The Hall–Kier alpha value is -2.46. The van der Waals surface area contributed by atoms with E-state index < -0.39 is 9.85 Å². The Bertz CT molecular complexity index is 695. The molecule has 34 heavy (non-hydrogen) atoms. The van der Waals surface area contributed by atoms with Gasteiger partial charge in [-0.3, -0.25) is 20.2 Å². The Morgan fingerprint density at radius 1 is 0.676 bits per heavy atom. The van der Waals surface area contributed by atoms with E-state index in [2.05, 4.69) is 5.32 Å². The average Bonchev–Trinajstić information content (AvgIpc) is 2.82. The molecule has 0 unspecified atom stereocenters. The highest BCUT2D eigenvalue weighted by atomic mass is 16.6. The first-order valence-electron chi connectivity index (χ1n) is 10.9. The number of benzene rings is 1. The van der Waals surface area contributed by atoms with Crippen molar-refractivity contribution >= 4 is 17.1 Å². The summed E-state index contributed by atoms with van der Waals surface area (Å²) < 4.78 is 32.0. The van der Waals surface area contributed by atoms with Crippen LogP contribution in [0.1, 0.15) is 0 Å². The monoisotopic (exact) mass is 490 g/mol. The summed E-state index contributed by atoms with van der Waals surface area (Å²) >= 11 is 0. The molecule has 0 saturated heterocycles. The zero-order valence-corrected chi connectivity index (χ0v) is 19.2. The zero-order valence-electron chi connectivity index (χ0n) is 19.2. The molecule has 14 heteroatoms. The van der Waals surface area contributed by atoms with E-state index in [1.54, 1.807) is 0 Å². The van der Waals surface area contributed by atoms with E-state index in [0.717, 1.165) is 6.07 Å². The summed E-state index contributed by atoms with van der Waals surface area (Å²) in [5.74, 6) is 0. The molecule has 0 radical (unpaired) electrons. The van der Waals surface area contributed by atoms with Crippen molar-refractivity contribution < 1.29 is 38.3 Å². The molecule has 0 bridgehead atoms. The van der Waals surface area contributed by atoms with Gasteiger partial charge < -0.3 is 39.5 Å². The van der Waals surface area contributed by atoms with Crippen molar-refractivity contribution in [3.8, 4) is 0 Å². The van der Waals surface area contributed by atoms with Gasteiger partial charge in [-0.1, -0.05) is 0 Å². The standard InChI is InChI=1S/C20H34N4O10/c21-3-5-29-7-9-31-11-13-33-15-16-34-14-12-32-10-8-30-6-4-22-19-2-1-18(23(25)26)17-20(19)24(27)28/h1-2,17,22H,3-16,21H2. The molecule has 0 fully saturated rings. The highest BCUT2D eigenvalue weighted by Gasteiger charge is 2.18. The molecular weight excluding hydrogens is 456 g/mol. The first-order valence-corrected chi connectivity index (χ1v) is 10.9. The van der Waals surface area contributed by atoms with E-state index in [1.165, 1.54) is 12.1 Å². The molecule has 0 aliphatic rings. The highest BCUT2D eigenvalue weighted by molar-refractivity contribution is 5.65. The Labute approximate surface area is 197 Å². The predicted octanol–water partition coefficient (Wildman–Crippen LogP) is 0.973. The normalized spacial score (nSPS) is 11.0. The van der Waals surface area contributed by atoms with Crippen molar-refractivity contribution in [1.82, 2.24) is 0 Å². The lowest BCUT2D eigenvalue weighted by atomic mass is 10.2. The summed E-state index contributed by atoms with van der Waals surface area (Å²) in [4.78, 5) is 20.5. The first-order chi connectivity index (χ1) is 16.6. The second-order valence-electron chi connectivity index (χ2n) is 6.61. The highest BCUT2D eigenvalue weighted by Crippen LogP contribution is 2.28. The summed E-state index contributed by atoms with van der Waals surface area (Å²) in [6.45, 7) is 6.15. The minimum absolute atomic E-state index is 0.192. The SMILES string of the molecule is NCCOCCOCCOCCOCCOCCOCCNc1ccc([N+](=O)[O-])cc1[N+](=O)[O-]. The molecule has 0 aliphatic heterocycles. The minimum Gasteiger partial charge on any atom is -0.378 e. The van der Waals surface area contributed by atoms with E-state index in [4.69, 9.17) is 34.2 Å². The minimum atomic E-state index is -0.681. The van der Waals surface area contributed by atoms with Gasteiger partial charge in [0.1, 0.15) is 5.69 Å². The van der Waals surface area contributed by atoms with Crippen molar-refractivity contribution in [2.45, 2.75) is 0 Å². The molecule has 0 heterocycles. The molecule has 3 N–H and O–H groups in total. The van der Waals surface area contributed by atoms with Crippen LogP contribution in [0.15, 0.2) is 18.2 Å². The number of non-ortho nitro benzene ring substituents is 1. The molecule has 0 aliphatic carbocycles. The number of hydrogen-bond acceptors (Lipinski definition) is 12. The van der Waals surface area contributed by atoms with Crippen LogP contribution >= 0.6 is 0 Å². The number of nitro groups is 2. The summed E-state index contributed by atoms with van der Waals surface area (Å²) in [5, 5.41) is 24.7. The van der Waals surface area contributed by atoms with Gasteiger partial charge >= 0.3 is 0 Å². The maximum atomic E-state index is 11.1. The Morgan fingerprint density at radius 2 is 1.12 bits per heavy atom. The third kappa shape index (κ3) is 14.6. The Morgan fingerprint density at radius 3 is 1.53 bits per heavy atom. The van der Waals surface area contributed by atoms with Crippen molar-refractivity contribution in [2.75, 3.05) is 97.7 Å². The quantitative estimate of drug-likeness (QED) is 0.126. The zero-order chi connectivity index (χ0) is 24.9. The van der Waals surface area contributed by atoms with Gasteiger partial charge in [-0.25, -0.2) is 0 Å². The number of hydrogen-bond donors (Lipinski definition) is 2. The molecule has 0 aromatic heterocycles. The smallest absolute Gasteiger partial charge is 0.299 e. The average molecular weight is 491 g/mol. The van der Waals surface area contributed by atoms with E-state index in [0.29, 0.717) is 85.8 Å². The topological polar surface area (TPSA) is 180 Å². The molecule has 1 aromatic rings. The maximum absolute atomic E-state index is 11.1. The number of nitrogens with two attached hydrogens (primary N) is 1. The third-order valence-electron chi connectivity index (χ3n) is 4.07.